The molecule has 10 nitrogen and oxygen atoms in total. The summed E-state index contributed by atoms with van der Waals surface area (Å²) in [6, 6.07) is 9.73. The topological polar surface area (TPSA) is 134 Å². The van der Waals surface area contributed by atoms with Crippen molar-refractivity contribution in [2.75, 3.05) is 39.4 Å². The molecule has 2 N–H and O–H groups in total. The number of rotatable bonds is 10. The smallest absolute Gasteiger partial charge is 0.309 e. The van der Waals surface area contributed by atoms with Crippen molar-refractivity contribution in [3.63, 3.8) is 0 Å². The number of fused-ring (bicyclic) bond motifs is 7. The average molecular weight is 885 g/mol. The monoisotopic (exact) mass is 885 g/mol. The summed E-state index contributed by atoms with van der Waals surface area (Å²) in [6.45, 7) is 19.6. The predicted molar refractivity (Wildman–Crippen MR) is 244 cm³/mol. The zero-order chi connectivity index (χ0) is 45.8. The van der Waals surface area contributed by atoms with Crippen LogP contribution in [0.3, 0.4) is 0 Å². The number of esters is 2. The third-order valence-corrected chi connectivity index (χ3v) is 21.5. The molecule has 354 valence electrons. The molecule has 1 aromatic carbocycles. The number of carbonyl (C=O) groups is 4. The molecule has 0 unspecified atom stereocenters. The first-order valence-corrected chi connectivity index (χ1v) is 25.4. The summed E-state index contributed by atoms with van der Waals surface area (Å²) in [5, 5.41) is 19.8. The Morgan fingerprint density at radius 2 is 1.34 bits per heavy atom. The van der Waals surface area contributed by atoms with Gasteiger partial charge >= 0.3 is 11.9 Å². The normalized spacial score (nSPS) is 41.0. The molecule has 1 aliphatic heterocycles. The van der Waals surface area contributed by atoms with Crippen molar-refractivity contribution < 1.29 is 38.9 Å². The molecule has 0 bridgehead atoms. The molecule has 12 atom stereocenters. The van der Waals surface area contributed by atoms with E-state index >= 15 is 4.79 Å². The van der Waals surface area contributed by atoms with Gasteiger partial charge in [0.25, 0.3) is 0 Å². The van der Waals surface area contributed by atoms with Gasteiger partial charge in [0.15, 0.2) is 0 Å². The molecule has 7 aliphatic carbocycles. The average Bonchev–Trinajstić information content (AvgIpc) is 4.05. The third kappa shape index (κ3) is 6.87. The van der Waals surface area contributed by atoms with Gasteiger partial charge in [0.05, 0.1) is 35.9 Å². The van der Waals surface area contributed by atoms with E-state index in [9.17, 15) is 24.6 Å². The Bertz CT molecular complexity index is 1970. The Morgan fingerprint density at radius 3 is 1.98 bits per heavy atom. The molecule has 0 aromatic heterocycles. The van der Waals surface area contributed by atoms with E-state index in [-0.39, 0.29) is 69.5 Å². The lowest BCUT2D eigenvalue weighted by atomic mass is 9.32. The number of carbonyl (C=O) groups excluding carboxylic acids is 4. The maximum absolute atomic E-state index is 15.2. The maximum atomic E-state index is 15.2. The lowest BCUT2D eigenvalue weighted by molar-refractivity contribution is -0.252. The summed E-state index contributed by atoms with van der Waals surface area (Å²) in [5.74, 6) is 2.29. The summed E-state index contributed by atoms with van der Waals surface area (Å²) >= 11 is 0. The van der Waals surface area contributed by atoms with Gasteiger partial charge in [0.1, 0.15) is 12.7 Å². The van der Waals surface area contributed by atoms with Crippen molar-refractivity contribution in [3.8, 4) is 0 Å². The Hall–Kier alpha value is -2.98. The van der Waals surface area contributed by atoms with Gasteiger partial charge in [-0.05, 0) is 153 Å². The SMILES string of the molecule is CC(CO)(CO)C(=O)N1CCN(C(=O)[C@]23CC[C@@H](C4CC4)[C@@H]2[C@H]2CC[C@@H]4[C@@]5(C)CC[C@H](OC(=O)[C@H]6C[C@@H](C(=O)OCc7ccccc7)C6(C)C)C(C)(C)[C@@H]5CC[C@@]4(C)[C@]2(C)CC3)CC1. The third-order valence-electron chi connectivity index (χ3n) is 21.5. The first kappa shape index (κ1) is 46.1. The van der Waals surface area contributed by atoms with E-state index < -0.39 is 24.0 Å². The van der Waals surface area contributed by atoms with Crippen LogP contribution in [-0.2, 0) is 35.3 Å². The van der Waals surface area contributed by atoms with Crippen LogP contribution < -0.4 is 0 Å². The first-order chi connectivity index (χ1) is 30.2. The number of nitrogens with zero attached hydrogens (tertiary/aromatic N) is 2. The quantitative estimate of drug-likeness (QED) is 0.224. The Kier molecular flexibility index (Phi) is 11.6. The number of aliphatic hydroxyl groups excluding tert-OH is 2. The van der Waals surface area contributed by atoms with E-state index in [0.717, 1.165) is 62.8 Å². The molecule has 64 heavy (non-hydrogen) atoms. The molecule has 7 saturated carbocycles. The van der Waals surface area contributed by atoms with Crippen molar-refractivity contribution >= 4 is 23.8 Å². The summed E-state index contributed by atoms with van der Waals surface area (Å²) in [5.41, 5.74) is -0.919. The fraction of sp³-hybridized carbons (Fsp3) is 0.815. The summed E-state index contributed by atoms with van der Waals surface area (Å²) in [4.78, 5) is 59.6. The van der Waals surface area contributed by atoms with Crippen LogP contribution in [0.5, 0.6) is 0 Å². The summed E-state index contributed by atoms with van der Waals surface area (Å²) in [7, 11) is 0. The minimum atomic E-state index is -1.21. The van der Waals surface area contributed by atoms with Gasteiger partial charge in [-0.15, -0.1) is 0 Å². The van der Waals surface area contributed by atoms with Gasteiger partial charge < -0.3 is 29.5 Å². The lowest BCUT2D eigenvalue weighted by Crippen LogP contribution is -2.68. The molecular formula is C54H80N2O8. The zero-order valence-electron chi connectivity index (χ0n) is 40.5. The summed E-state index contributed by atoms with van der Waals surface area (Å²) < 4.78 is 12.3. The van der Waals surface area contributed by atoms with Crippen LogP contribution in [0.4, 0.5) is 0 Å². The second-order valence-corrected chi connectivity index (χ2v) is 24.9. The van der Waals surface area contributed by atoms with Gasteiger partial charge in [-0.1, -0.05) is 78.8 Å². The second kappa shape index (κ2) is 16.1. The molecule has 1 heterocycles. The summed E-state index contributed by atoms with van der Waals surface area (Å²) in [6.07, 6.45) is 13.6. The minimum absolute atomic E-state index is 0.117. The van der Waals surface area contributed by atoms with Crippen molar-refractivity contribution in [2.24, 2.45) is 85.2 Å². The van der Waals surface area contributed by atoms with Gasteiger partial charge in [-0.3, -0.25) is 19.2 Å². The number of piperazine rings is 1. The fourth-order valence-electron chi connectivity index (χ4n) is 17.0. The molecule has 0 spiro atoms. The highest BCUT2D eigenvalue weighted by Crippen LogP contribution is 2.78. The molecule has 8 aliphatic rings. The minimum Gasteiger partial charge on any atom is -0.462 e. The molecule has 8 fully saturated rings. The predicted octanol–water partition coefficient (Wildman–Crippen LogP) is 8.46. The van der Waals surface area contributed by atoms with E-state index in [2.05, 4.69) is 39.5 Å². The molecule has 2 amide bonds. The molecule has 10 heteroatoms. The Morgan fingerprint density at radius 1 is 0.688 bits per heavy atom. The maximum Gasteiger partial charge on any atom is 0.309 e. The standard InChI is InChI=1S/C54H80N2O8/c1-48(2)38(44(59)63-31-34-12-10-9-11-13-34)30-39(48)45(60)64-42-20-21-51(6)40(49(42,3)4)19-22-53(8)41(51)17-16-37-43-36(35-14-15-35)18-23-54(43,25-24-52(37,53)7)47(62)56-28-26-55(27-29-56)46(61)50(5,32-57)33-58/h9-13,35-43,57-58H,14-33H2,1-8H3/t36-,37+,38-,39+,40-,41+,42-,43+,51-,52+,53+,54-/m0/s1. The van der Waals surface area contributed by atoms with E-state index in [1.807, 2.05) is 44.2 Å². The second-order valence-electron chi connectivity index (χ2n) is 24.9. The largest absolute Gasteiger partial charge is 0.462 e. The lowest BCUT2D eigenvalue weighted by Gasteiger charge is -2.73. The van der Waals surface area contributed by atoms with Crippen molar-refractivity contribution in [2.45, 2.75) is 152 Å². The molecule has 0 radical (unpaired) electrons. The van der Waals surface area contributed by atoms with E-state index in [1.165, 1.54) is 25.7 Å². The fourth-order valence-corrected chi connectivity index (χ4v) is 17.0. The van der Waals surface area contributed by atoms with Crippen molar-refractivity contribution in [1.29, 1.82) is 0 Å². The van der Waals surface area contributed by atoms with Crippen LogP contribution in [0.15, 0.2) is 30.3 Å². The van der Waals surface area contributed by atoms with Crippen LogP contribution >= 0.6 is 0 Å². The van der Waals surface area contributed by atoms with Crippen LogP contribution in [0.1, 0.15) is 144 Å². The van der Waals surface area contributed by atoms with Gasteiger partial charge in [-0.2, -0.15) is 0 Å². The van der Waals surface area contributed by atoms with Crippen LogP contribution in [0.2, 0.25) is 0 Å². The van der Waals surface area contributed by atoms with Gasteiger partial charge in [0.2, 0.25) is 11.8 Å². The first-order valence-electron chi connectivity index (χ1n) is 25.4. The van der Waals surface area contributed by atoms with Gasteiger partial charge in [-0.25, -0.2) is 0 Å². The van der Waals surface area contributed by atoms with Crippen LogP contribution in [0, 0.1) is 85.2 Å². The Labute approximate surface area is 383 Å². The highest BCUT2D eigenvalue weighted by atomic mass is 16.5. The van der Waals surface area contributed by atoms with E-state index in [0.29, 0.717) is 68.1 Å². The van der Waals surface area contributed by atoms with Crippen LogP contribution in [-0.4, -0.2) is 89.3 Å². The number of benzene rings is 1. The Balaban J connectivity index is 0.882. The molecule has 1 saturated heterocycles. The number of hydrogen-bond acceptors (Lipinski definition) is 8. The number of hydrogen-bond donors (Lipinski definition) is 2. The highest BCUT2D eigenvalue weighted by Gasteiger charge is 2.73. The number of ether oxygens (including phenoxy) is 2. The molecule has 1 aromatic rings. The van der Waals surface area contributed by atoms with E-state index in [1.54, 1.807) is 11.8 Å². The number of aliphatic hydroxyl groups is 2. The zero-order valence-corrected chi connectivity index (χ0v) is 40.5. The number of amides is 2. The highest BCUT2D eigenvalue weighted by molar-refractivity contribution is 5.86. The van der Waals surface area contributed by atoms with Crippen LogP contribution in [0.25, 0.3) is 0 Å². The van der Waals surface area contributed by atoms with Crippen molar-refractivity contribution in [1.82, 2.24) is 9.80 Å². The van der Waals surface area contributed by atoms with Gasteiger partial charge in [0, 0.05) is 31.6 Å². The molecule has 9 rings (SSSR count). The molecular weight excluding hydrogens is 805 g/mol. The van der Waals surface area contributed by atoms with Crippen molar-refractivity contribution in [3.05, 3.63) is 35.9 Å². The van der Waals surface area contributed by atoms with E-state index in [4.69, 9.17) is 9.47 Å².